The Morgan fingerprint density at radius 3 is 2.69 bits per heavy atom. The molecule has 1 saturated carbocycles. The Hall–Kier alpha value is -0.220. The highest BCUT2D eigenvalue weighted by molar-refractivity contribution is 7.80. The molecule has 1 aliphatic rings. The highest BCUT2D eigenvalue weighted by Crippen LogP contribution is 2.47. The summed E-state index contributed by atoms with van der Waals surface area (Å²) >= 11 is 3.98. The molecule has 1 rings (SSSR count). The number of thiol groups is 1. The molecule has 0 saturated heterocycles. The first-order chi connectivity index (χ1) is 6.22. The SMILES string of the molecule is O=C(CCS)NCC1(CCO)CC1. The van der Waals surface area contributed by atoms with Crippen LogP contribution in [0.5, 0.6) is 0 Å². The van der Waals surface area contributed by atoms with Crippen LogP contribution in [0.2, 0.25) is 0 Å². The number of hydrogen-bond acceptors (Lipinski definition) is 3. The van der Waals surface area contributed by atoms with Crippen LogP contribution in [0.1, 0.15) is 25.7 Å². The zero-order valence-electron chi connectivity index (χ0n) is 7.75. The predicted octanol–water partition coefficient (Wildman–Crippen LogP) is 0.585. The van der Waals surface area contributed by atoms with Crippen molar-refractivity contribution in [2.24, 2.45) is 5.41 Å². The van der Waals surface area contributed by atoms with Gasteiger partial charge in [0.1, 0.15) is 0 Å². The average Bonchev–Trinajstić information content (AvgIpc) is 2.84. The lowest BCUT2D eigenvalue weighted by Gasteiger charge is -2.13. The first-order valence-electron chi connectivity index (χ1n) is 4.71. The maximum atomic E-state index is 11.1. The van der Waals surface area contributed by atoms with E-state index >= 15 is 0 Å². The van der Waals surface area contributed by atoms with E-state index in [1.165, 1.54) is 0 Å². The number of hydrogen-bond donors (Lipinski definition) is 3. The third-order valence-corrected chi connectivity index (χ3v) is 2.82. The molecule has 1 fully saturated rings. The van der Waals surface area contributed by atoms with Gasteiger partial charge in [-0.15, -0.1) is 0 Å². The second-order valence-corrected chi connectivity index (χ2v) is 4.17. The first kappa shape index (κ1) is 10.9. The summed E-state index contributed by atoms with van der Waals surface area (Å²) in [6, 6.07) is 0. The van der Waals surface area contributed by atoms with Crippen LogP contribution >= 0.6 is 12.6 Å². The zero-order valence-corrected chi connectivity index (χ0v) is 8.65. The molecule has 0 aromatic heterocycles. The monoisotopic (exact) mass is 203 g/mol. The van der Waals surface area contributed by atoms with E-state index in [1.807, 2.05) is 0 Å². The summed E-state index contributed by atoms with van der Waals surface area (Å²) < 4.78 is 0. The van der Waals surface area contributed by atoms with E-state index in [9.17, 15) is 4.79 Å². The Morgan fingerprint density at radius 1 is 1.54 bits per heavy atom. The molecule has 3 nitrogen and oxygen atoms in total. The minimum Gasteiger partial charge on any atom is -0.396 e. The normalized spacial score (nSPS) is 18.3. The zero-order chi connectivity index (χ0) is 9.73. The Bertz CT molecular complexity index is 180. The van der Waals surface area contributed by atoms with Gasteiger partial charge in [0.05, 0.1) is 0 Å². The van der Waals surface area contributed by atoms with E-state index in [1.54, 1.807) is 0 Å². The molecular formula is C9H17NO2S. The summed E-state index contributed by atoms with van der Waals surface area (Å²) in [6.45, 7) is 0.947. The fourth-order valence-electron chi connectivity index (χ4n) is 1.41. The van der Waals surface area contributed by atoms with Crippen LogP contribution in [0.25, 0.3) is 0 Å². The van der Waals surface area contributed by atoms with Crippen LogP contribution in [0, 0.1) is 5.41 Å². The van der Waals surface area contributed by atoms with Gasteiger partial charge in [-0.2, -0.15) is 12.6 Å². The van der Waals surface area contributed by atoms with Crippen molar-refractivity contribution in [1.82, 2.24) is 5.32 Å². The van der Waals surface area contributed by atoms with Gasteiger partial charge in [-0.05, 0) is 30.4 Å². The second kappa shape index (κ2) is 4.86. The highest BCUT2D eigenvalue weighted by Gasteiger charge is 2.41. The number of aliphatic hydroxyl groups is 1. The lowest BCUT2D eigenvalue weighted by atomic mass is 10.0. The summed E-state index contributed by atoms with van der Waals surface area (Å²) in [5, 5.41) is 11.7. The van der Waals surface area contributed by atoms with Gasteiger partial charge >= 0.3 is 0 Å². The van der Waals surface area contributed by atoms with E-state index < -0.39 is 0 Å². The maximum absolute atomic E-state index is 11.1. The van der Waals surface area contributed by atoms with Crippen molar-refractivity contribution in [3.8, 4) is 0 Å². The summed E-state index contributed by atoms with van der Waals surface area (Å²) in [4.78, 5) is 11.1. The minimum absolute atomic E-state index is 0.0687. The van der Waals surface area contributed by atoms with Gasteiger partial charge in [0, 0.05) is 19.6 Å². The molecule has 4 heteroatoms. The molecular weight excluding hydrogens is 186 g/mol. The quantitative estimate of drug-likeness (QED) is 0.553. The van der Waals surface area contributed by atoms with Crippen molar-refractivity contribution in [3.05, 3.63) is 0 Å². The Balaban J connectivity index is 2.14. The first-order valence-corrected chi connectivity index (χ1v) is 5.34. The number of carbonyl (C=O) groups excluding carboxylic acids is 1. The Kier molecular flexibility index (Phi) is 4.06. The number of carbonyl (C=O) groups is 1. The standard InChI is InChI=1S/C9H17NO2S/c11-5-4-9(2-3-9)7-10-8(12)1-6-13/h11,13H,1-7H2,(H,10,12). The molecule has 0 heterocycles. The molecule has 0 aromatic carbocycles. The van der Waals surface area contributed by atoms with Crippen LogP contribution in [-0.2, 0) is 4.79 Å². The van der Waals surface area contributed by atoms with Gasteiger partial charge in [0.25, 0.3) is 0 Å². The van der Waals surface area contributed by atoms with Gasteiger partial charge in [0.15, 0.2) is 0 Å². The lowest BCUT2D eigenvalue weighted by molar-refractivity contribution is -0.120. The lowest BCUT2D eigenvalue weighted by Crippen LogP contribution is -2.30. The summed E-state index contributed by atoms with van der Waals surface area (Å²) in [7, 11) is 0. The van der Waals surface area contributed by atoms with Crippen molar-refractivity contribution in [3.63, 3.8) is 0 Å². The van der Waals surface area contributed by atoms with Crippen LogP contribution in [0.3, 0.4) is 0 Å². The number of rotatable bonds is 6. The van der Waals surface area contributed by atoms with Crippen LogP contribution < -0.4 is 5.32 Å². The van der Waals surface area contributed by atoms with Crippen LogP contribution in [0.4, 0.5) is 0 Å². The maximum Gasteiger partial charge on any atom is 0.220 e. The van der Waals surface area contributed by atoms with Crippen LogP contribution in [0.15, 0.2) is 0 Å². The number of nitrogens with one attached hydrogen (secondary N) is 1. The minimum atomic E-state index is 0.0687. The fraction of sp³-hybridized carbons (Fsp3) is 0.889. The van der Waals surface area contributed by atoms with Gasteiger partial charge in [-0.3, -0.25) is 4.79 Å². The summed E-state index contributed by atoms with van der Waals surface area (Å²) in [5.74, 6) is 0.665. The van der Waals surface area contributed by atoms with Crippen LogP contribution in [-0.4, -0.2) is 29.9 Å². The van der Waals surface area contributed by atoms with Crippen molar-refractivity contribution < 1.29 is 9.90 Å². The third kappa shape index (κ3) is 3.56. The average molecular weight is 203 g/mol. The molecule has 13 heavy (non-hydrogen) atoms. The predicted molar refractivity (Wildman–Crippen MR) is 54.8 cm³/mol. The molecule has 76 valence electrons. The highest BCUT2D eigenvalue weighted by atomic mass is 32.1. The van der Waals surface area contributed by atoms with E-state index in [4.69, 9.17) is 5.11 Å². The summed E-state index contributed by atoms with van der Waals surface area (Å²) in [6.07, 6.45) is 3.57. The van der Waals surface area contributed by atoms with E-state index in [0.29, 0.717) is 12.2 Å². The smallest absolute Gasteiger partial charge is 0.220 e. The van der Waals surface area contributed by atoms with Crippen molar-refractivity contribution in [2.75, 3.05) is 18.9 Å². The van der Waals surface area contributed by atoms with Crippen molar-refractivity contribution in [1.29, 1.82) is 0 Å². The van der Waals surface area contributed by atoms with Crippen molar-refractivity contribution >= 4 is 18.5 Å². The second-order valence-electron chi connectivity index (χ2n) is 3.72. The van der Waals surface area contributed by atoms with E-state index in [-0.39, 0.29) is 17.9 Å². The molecule has 0 aromatic rings. The number of aliphatic hydroxyl groups excluding tert-OH is 1. The van der Waals surface area contributed by atoms with E-state index in [0.717, 1.165) is 25.8 Å². The van der Waals surface area contributed by atoms with Gasteiger partial charge in [0.2, 0.25) is 5.91 Å². The third-order valence-electron chi connectivity index (χ3n) is 2.60. The fourth-order valence-corrected chi connectivity index (χ4v) is 1.61. The largest absolute Gasteiger partial charge is 0.396 e. The molecule has 2 N–H and O–H groups in total. The number of amides is 1. The molecule has 0 aliphatic heterocycles. The van der Waals surface area contributed by atoms with Gasteiger partial charge in [-0.25, -0.2) is 0 Å². The van der Waals surface area contributed by atoms with Gasteiger partial charge in [-0.1, -0.05) is 0 Å². The molecule has 0 unspecified atom stereocenters. The topological polar surface area (TPSA) is 49.3 Å². The van der Waals surface area contributed by atoms with E-state index in [2.05, 4.69) is 17.9 Å². The molecule has 0 bridgehead atoms. The molecule has 0 radical (unpaired) electrons. The Morgan fingerprint density at radius 2 is 2.23 bits per heavy atom. The Labute approximate surface area is 84.3 Å². The van der Waals surface area contributed by atoms with Gasteiger partial charge < -0.3 is 10.4 Å². The molecule has 0 atom stereocenters. The van der Waals surface area contributed by atoms with Crippen molar-refractivity contribution in [2.45, 2.75) is 25.7 Å². The summed E-state index contributed by atoms with van der Waals surface area (Å²) in [5.41, 5.74) is 0.223. The molecule has 1 amide bonds. The molecule has 0 spiro atoms. The molecule has 1 aliphatic carbocycles.